The van der Waals surface area contributed by atoms with E-state index in [-0.39, 0.29) is 0 Å². The van der Waals surface area contributed by atoms with Gasteiger partial charge in [-0.05, 0) is 12.1 Å². The molecular weight excluding hydrogens is 246 g/mol. The summed E-state index contributed by atoms with van der Waals surface area (Å²) in [6.45, 7) is 0. The molecule has 3 nitrogen and oxygen atoms in total. The molecule has 0 saturated heterocycles. The zero-order valence-electron chi connectivity index (χ0n) is 12.5. The van der Waals surface area contributed by atoms with Crippen LogP contribution >= 0.6 is 0 Å². The van der Waals surface area contributed by atoms with E-state index in [1.807, 2.05) is 0 Å². The van der Waals surface area contributed by atoms with Crippen LogP contribution in [-0.2, 0) is 0 Å². The highest BCUT2D eigenvalue weighted by atomic mass is 15.4. The molecule has 0 saturated carbocycles. The predicted molar refractivity (Wildman–Crippen MR) is 86.4 cm³/mol. The Bertz CT molecular complexity index is 575. The molecule has 1 heterocycles. The fraction of sp³-hybridized carbons (Fsp3) is 0.235. The van der Waals surface area contributed by atoms with Crippen molar-refractivity contribution < 1.29 is 0 Å². The summed E-state index contributed by atoms with van der Waals surface area (Å²) in [5.74, 6) is 0. The molecule has 0 aliphatic carbocycles. The number of para-hydroxylation sites is 2. The summed E-state index contributed by atoms with van der Waals surface area (Å²) < 4.78 is 0. The zero-order chi connectivity index (χ0) is 14.3. The standard InChI is InChI=1S/C17H20N3/c1-18(2)14-11-9-13(10-12-14)17-19(3)15-7-5-6-8-16(15)20(17)4/h5-12H,1-4H3/q-1. The van der Waals surface area contributed by atoms with Crippen LogP contribution in [0.5, 0.6) is 0 Å². The molecule has 0 radical (unpaired) electrons. The second-order valence-electron chi connectivity index (χ2n) is 5.37. The van der Waals surface area contributed by atoms with E-state index in [1.54, 1.807) is 0 Å². The number of rotatable bonds is 2. The van der Waals surface area contributed by atoms with Gasteiger partial charge in [-0.2, -0.15) is 12.1 Å². The van der Waals surface area contributed by atoms with Crippen LogP contribution in [0.2, 0.25) is 0 Å². The summed E-state index contributed by atoms with van der Waals surface area (Å²) in [7, 11) is 8.37. The third kappa shape index (κ3) is 1.86. The van der Waals surface area contributed by atoms with Crippen molar-refractivity contribution in [3.63, 3.8) is 0 Å². The number of anilines is 3. The minimum atomic E-state index is 1.22. The molecule has 1 aliphatic heterocycles. The molecule has 0 atom stereocenters. The van der Waals surface area contributed by atoms with E-state index in [9.17, 15) is 0 Å². The van der Waals surface area contributed by atoms with Gasteiger partial charge in [0.05, 0.1) is 11.4 Å². The molecule has 0 amide bonds. The molecule has 0 bridgehead atoms. The van der Waals surface area contributed by atoms with E-state index in [0.717, 1.165) is 0 Å². The van der Waals surface area contributed by atoms with Crippen molar-refractivity contribution in [2.45, 2.75) is 0 Å². The lowest BCUT2D eigenvalue weighted by Gasteiger charge is -2.35. The van der Waals surface area contributed by atoms with E-state index in [4.69, 9.17) is 0 Å². The Kier molecular flexibility index (Phi) is 2.97. The first kappa shape index (κ1) is 12.7. The molecular formula is C17H20N3-. The maximum absolute atomic E-state index is 2.25. The van der Waals surface area contributed by atoms with Gasteiger partial charge in [0.25, 0.3) is 0 Å². The number of hydrogen-bond acceptors (Lipinski definition) is 3. The Morgan fingerprint density at radius 1 is 0.800 bits per heavy atom. The first-order valence-electron chi connectivity index (χ1n) is 6.81. The monoisotopic (exact) mass is 266 g/mol. The second kappa shape index (κ2) is 4.67. The Balaban J connectivity index is 1.96. The average Bonchev–Trinajstić information content (AvgIpc) is 2.72. The van der Waals surface area contributed by atoms with Gasteiger partial charge < -0.3 is 14.7 Å². The smallest absolute Gasteiger partial charge is 0.0540 e. The third-order valence-electron chi connectivity index (χ3n) is 3.88. The average molecular weight is 266 g/mol. The summed E-state index contributed by atoms with van der Waals surface area (Å²) >= 11 is 0. The Morgan fingerprint density at radius 3 is 1.75 bits per heavy atom. The molecule has 0 aromatic heterocycles. The summed E-state index contributed by atoms with van der Waals surface area (Å²) in [5.41, 5.74) is 4.95. The largest absolute Gasteiger partial charge is 0.382 e. The molecule has 3 heteroatoms. The summed E-state index contributed by atoms with van der Waals surface area (Å²) in [5, 5.41) is 0. The van der Waals surface area contributed by atoms with Crippen LogP contribution in [0.3, 0.4) is 0 Å². The number of benzene rings is 2. The van der Waals surface area contributed by atoms with Crippen LogP contribution < -0.4 is 14.7 Å². The molecule has 0 N–H and O–H groups in total. The van der Waals surface area contributed by atoms with Gasteiger partial charge in [0.15, 0.2) is 0 Å². The van der Waals surface area contributed by atoms with Crippen LogP contribution in [0, 0.1) is 6.17 Å². The fourth-order valence-corrected chi connectivity index (χ4v) is 2.78. The van der Waals surface area contributed by atoms with Gasteiger partial charge in [0.1, 0.15) is 0 Å². The third-order valence-corrected chi connectivity index (χ3v) is 3.88. The van der Waals surface area contributed by atoms with Crippen LogP contribution in [0.1, 0.15) is 5.56 Å². The van der Waals surface area contributed by atoms with Gasteiger partial charge in [-0.3, -0.25) is 0 Å². The van der Waals surface area contributed by atoms with Gasteiger partial charge in [-0.15, -0.1) is 5.56 Å². The fourth-order valence-electron chi connectivity index (χ4n) is 2.78. The van der Waals surface area contributed by atoms with Gasteiger partial charge >= 0.3 is 0 Å². The number of fused-ring (bicyclic) bond motifs is 1. The maximum atomic E-state index is 2.25. The van der Waals surface area contributed by atoms with E-state index in [1.165, 1.54) is 28.8 Å². The Labute approximate surface area is 121 Å². The lowest BCUT2D eigenvalue weighted by atomic mass is 10.1. The quantitative estimate of drug-likeness (QED) is 0.773. The van der Waals surface area contributed by atoms with Crippen molar-refractivity contribution in [2.75, 3.05) is 42.9 Å². The highest BCUT2D eigenvalue weighted by Crippen LogP contribution is 2.43. The molecule has 20 heavy (non-hydrogen) atoms. The van der Waals surface area contributed by atoms with Crippen molar-refractivity contribution in [2.24, 2.45) is 0 Å². The lowest BCUT2D eigenvalue weighted by molar-refractivity contribution is 0.909. The minimum Gasteiger partial charge on any atom is -0.382 e. The minimum absolute atomic E-state index is 1.22. The second-order valence-corrected chi connectivity index (χ2v) is 5.37. The first-order valence-corrected chi connectivity index (χ1v) is 6.81. The van der Waals surface area contributed by atoms with Gasteiger partial charge in [-0.1, -0.05) is 24.3 Å². The van der Waals surface area contributed by atoms with Crippen molar-refractivity contribution >= 4 is 17.1 Å². The highest BCUT2D eigenvalue weighted by molar-refractivity contribution is 5.82. The normalized spacial score (nSPS) is 13.7. The van der Waals surface area contributed by atoms with Crippen molar-refractivity contribution in [3.8, 4) is 0 Å². The van der Waals surface area contributed by atoms with E-state index >= 15 is 0 Å². The van der Waals surface area contributed by atoms with Crippen LogP contribution in [0.4, 0.5) is 17.1 Å². The van der Waals surface area contributed by atoms with Gasteiger partial charge in [0, 0.05) is 40.0 Å². The predicted octanol–water partition coefficient (Wildman–Crippen LogP) is 3.18. The van der Waals surface area contributed by atoms with Crippen molar-refractivity contribution in [1.82, 2.24) is 0 Å². The number of nitrogens with zero attached hydrogens (tertiary/aromatic N) is 3. The lowest BCUT2D eigenvalue weighted by Crippen LogP contribution is -2.31. The molecule has 0 fully saturated rings. The molecule has 104 valence electrons. The SMILES string of the molecule is CN(C)c1ccc([C-]2N(C)c3ccccc3N2C)cc1. The van der Waals surface area contributed by atoms with E-state index in [0.29, 0.717) is 0 Å². The Morgan fingerprint density at radius 2 is 1.30 bits per heavy atom. The maximum Gasteiger partial charge on any atom is 0.0540 e. The van der Waals surface area contributed by atoms with E-state index < -0.39 is 0 Å². The van der Waals surface area contributed by atoms with Crippen molar-refractivity contribution in [3.05, 3.63) is 60.3 Å². The summed E-state index contributed by atoms with van der Waals surface area (Å²) in [6.07, 6.45) is 1.22. The molecule has 0 spiro atoms. The topological polar surface area (TPSA) is 9.72 Å². The highest BCUT2D eigenvalue weighted by Gasteiger charge is 2.26. The van der Waals surface area contributed by atoms with Crippen LogP contribution in [-0.4, -0.2) is 28.2 Å². The summed E-state index contributed by atoms with van der Waals surface area (Å²) in [4.78, 5) is 6.62. The molecule has 1 aliphatic rings. The van der Waals surface area contributed by atoms with Crippen LogP contribution in [0.15, 0.2) is 48.5 Å². The van der Waals surface area contributed by atoms with E-state index in [2.05, 4.69) is 91.4 Å². The van der Waals surface area contributed by atoms with Gasteiger partial charge in [0.2, 0.25) is 0 Å². The molecule has 3 rings (SSSR count). The zero-order valence-corrected chi connectivity index (χ0v) is 12.5. The molecule has 2 aromatic carbocycles. The Hall–Kier alpha value is -2.29. The van der Waals surface area contributed by atoms with Crippen LogP contribution in [0.25, 0.3) is 0 Å². The van der Waals surface area contributed by atoms with Gasteiger partial charge in [-0.25, -0.2) is 0 Å². The first-order chi connectivity index (χ1) is 9.59. The molecule has 2 aromatic rings. The summed E-state index contributed by atoms with van der Waals surface area (Å²) in [6, 6.07) is 17.2. The van der Waals surface area contributed by atoms with Crippen molar-refractivity contribution in [1.29, 1.82) is 0 Å². The number of hydrogen-bond donors (Lipinski definition) is 0. The molecule has 0 unspecified atom stereocenters.